The number of anilines is 2. The maximum atomic E-state index is 12.2. The fourth-order valence-corrected chi connectivity index (χ4v) is 5.14. The zero-order valence-electron chi connectivity index (χ0n) is 19.6. The van der Waals surface area contributed by atoms with Crippen LogP contribution in [0.4, 0.5) is 11.5 Å². The number of aliphatic imine (C=N–C) groups is 1. The Morgan fingerprint density at radius 2 is 2.24 bits per heavy atom. The predicted octanol–water partition coefficient (Wildman–Crippen LogP) is 2.51. The molecule has 1 atom stereocenters. The van der Waals surface area contributed by atoms with Crippen molar-refractivity contribution in [3.63, 3.8) is 0 Å². The van der Waals surface area contributed by atoms with E-state index in [9.17, 15) is 10.1 Å². The molecule has 34 heavy (non-hydrogen) atoms. The third-order valence-corrected chi connectivity index (χ3v) is 7.01. The van der Waals surface area contributed by atoms with Gasteiger partial charge in [0.05, 0.1) is 31.9 Å². The Balaban J connectivity index is 1.59. The average molecular weight is 460 g/mol. The number of nitriles is 1. The number of carbonyl (C=O) groups excluding carboxylic acids is 1. The third-order valence-electron chi connectivity index (χ3n) is 7.01. The largest absolute Gasteiger partial charge is 0.404 e. The summed E-state index contributed by atoms with van der Waals surface area (Å²) in [4.78, 5) is 20.4. The Labute approximate surface area is 199 Å². The molecule has 1 saturated heterocycles. The van der Waals surface area contributed by atoms with Crippen LogP contribution in [-0.4, -0.2) is 60.2 Å². The highest BCUT2D eigenvalue weighted by molar-refractivity contribution is 6.09. The van der Waals surface area contributed by atoms with Crippen molar-refractivity contribution in [2.75, 3.05) is 38.3 Å². The highest BCUT2D eigenvalue weighted by Gasteiger charge is 2.37. The molecule has 9 heteroatoms. The van der Waals surface area contributed by atoms with Gasteiger partial charge in [-0.05, 0) is 23.3 Å². The lowest BCUT2D eigenvalue weighted by atomic mass is 9.95. The van der Waals surface area contributed by atoms with Gasteiger partial charge in [-0.25, -0.2) is 0 Å². The minimum Gasteiger partial charge on any atom is -0.404 e. The van der Waals surface area contributed by atoms with Crippen molar-refractivity contribution in [2.45, 2.75) is 38.3 Å². The fraction of sp³-hybridized carbons (Fsp3) is 0.440. The number of aromatic nitrogens is 2. The van der Waals surface area contributed by atoms with E-state index in [0.29, 0.717) is 39.3 Å². The van der Waals surface area contributed by atoms with Crippen molar-refractivity contribution < 1.29 is 9.53 Å². The van der Waals surface area contributed by atoms with Crippen molar-refractivity contribution in [1.29, 1.82) is 5.26 Å². The van der Waals surface area contributed by atoms with Crippen molar-refractivity contribution >= 4 is 29.2 Å². The second-order valence-corrected chi connectivity index (χ2v) is 9.03. The number of nitrogens with two attached hydrogens (primary N) is 1. The molecule has 176 valence electrons. The normalized spacial score (nSPS) is 20.3. The van der Waals surface area contributed by atoms with Gasteiger partial charge in [0.2, 0.25) is 5.91 Å². The molecule has 1 fully saturated rings. The molecule has 9 nitrogen and oxygen atoms in total. The van der Waals surface area contributed by atoms with E-state index >= 15 is 0 Å². The average Bonchev–Trinajstić information content (AvgIpc) is 3.34. The molecule has 0 saturated carbocycles. The molecule has 4 heterocycles. The van der Waals surface area contributed by atoms with E-state index in [1.807, 2.05) is 11.0 Å². The lowest BCUT2D eigenvalue weighted by Gasteiger charge is -2.31. The zero-order chi connectivity index (χ0) is 23.8. The molecule has 2 N–H and O–H groups in total. The molecule has 3 aliphatic rings. The van der Waals surface area contributed by atoms with E-state index in [1.54, 1.807) is 26.4 Å². The van der Waals surface area contributed by atoms with Crippen LogP contribution in [0, 0.1) is 11.3 Å². The second-order valence-electron chi connectivity index (χ2n) is 9.03. The van der Waals surface area contributed by atoms with E-state index in [-0.39, 0.29) is 17.9 Å². The van der Waals surface area contributed by atoms with E-state index < -0.39 is 0 Å². The molecular weight excluding hydrogens is 430 g/mol. The quantitative estimate of drug-likeness (QED) is 0.688. The van der Waals surface area contributed by atoms with Crippen LogP contribution in [0.25, 0.3) is 5.57 Å². The summed E-state index contributed by atoms with van der Waals surface area (Å²) in [6, 6.07) is 8.81. The van der Waals surface area contributed by atoms with Crippen LogP contribution in [0.3, 0.4) is 0 Å². The Kier molecular flexibility index (Phi) is 5.84. The summed E-state index contributed by atoms with van der Waals surface area (Å²) in [5.41, 5.74) is 12.1. The maximum absolute atomic E-state index is 12.2. The maximum Gasteiger partial charge on any atom is 0.219 e. The first-order valence-corrected chi connectivity index (χ1v) is 11.6. The van der Waals surface area contributed by atoms with E-state index in [0.717, 1.165) is 40.2 Å². The number of carbonyl (C=O) groups is 1. The van der Waals surface area contributed by atoms with Crippen LogP contribution >= 0.6 is 0 Å². The van der Waals surface area contributed by atoms with Gasteiger partial charge in [0.1, 0.15) is 0 Å². The summed E-state index contributed by atoms with van der Waals surface area (Å²) in [6.07, 6.45) is 4.48. The van der Waals surface area contributed by atoms with Crippen molar-refractivity contribution in [1.82, 2.24) is 14.7 Å². The fourth-order valence-electron chi connectivity index (χ4n) is 5.14. The van der Waals surface area contributed by atoms with Gasteiger partial charge < -0.3 is 20.3 Å². The SMILES string of the molecule is CN=CC(=CN)c1ccc2c(c1)[C@@H](CC#N)CN2c1nn(C2COC2)c2c1CN(C(C)=O)CC2. The van der Waals surface area contributed by atoms with Gasteiger partial charge in [-0.15, -0.1) is 0 Å². The molecule has 2 aromatic rings. The van der Waals surface area contributed by atoms with Gasteiger partial charge in [-0.1, -0.05) is 6.07 Å². The Morgan fingerprint density at radius 3 is 2.88 bits per heavy atom. The number of hydrogen-bond donors (Lipinski definition) is 1. The summed E-state index contributed by atoms with van der Waals surface area (Å²) in [5, 5.41) is 14.6. The van der Waals surface area contributed by atoms with Crippen LogP contribution in [0.5, 0.6) is 0 Å². The highest BCUT2D eigenvalue weighted by atomic mass is 16.5. The standard InChI is InChI=1S/C25H29N7O2/c1-16(33)30-8-6-24-22(13-30)25(29-32(24)20-14-34-15-20)31-12-18(5-7-26)21-9-17(3-4-23(21)31)19(10-27)11-28-2/h3-4,9-11,18,20H,5-6,8,12-15,27H2,1-2H3/t18-/m0/s1. The molecule has 1 amide bonds. The van der Waals surface area contributed by atoms with Crippen LogP contribution in [0.1, 0.15) is 47.7 Å². The van der Waals surface area contributed by atoms with E-state index in [4.69, 9.17) is 15.6 Å². The number of allylic oxidation sites excluding steroid dienone is 1. The summed E-state index contributed by atoms with van der Waals surface area (Å²) in [7, 11) is 1.72. The number of nitrogens with zero attached hydrogens (tertiary/aromatic N) is 6. The molecule has 0 bridgehead atoms. The Morgan fingerprint density at radius 1 is 1.41 bits per heavy atom. The topological polar surface area (TPSA) is 113 Å². The number of amides is 1. The van der Waals surface area contributed by atoms with Crippen LogP contribution < -0.4 is 10.6 Å². The van der Waals surface area contributed by atoms with Gasteiger partial charge in [-0.2, -0.15) is 10.4 Å². The first-order chi connectivity index (χ1) is 16.5. The molecule has 5 rings (SSSR count). The minimum atomic E-state index is 0.0536. The van der Waals surface area contributed by atoms with Crippen LogP contribution in [0.2, 0.25) is 0 Å². The summed E-state index contributed by atoms with van der Waals surface area (Å²) < 4.78 is 7.56. The zero-order valence-corrected chi connectivity index (χ0v) is 19.6. The number of rotatable bonds is 5. The second kappa shape index (κ2) is 8.95. The molecule has 0 unspecified atom stereocenters. The van der Waals surface area contributed by atoms with Gasteiger partial charge in [0.15, 0.2) is 5.82 Å². The summed E-state index contributed by atoms with van der Waals surface area (Å²) >= 11 is 0. The number of ether oxygens (including phenoxy) is 1. The molecular formula is C25H29N7O2. The first-order valence-electron chi connectivity index (χ1n) is 11.6. The monoisotopic (exact) mass is 459 g/mol. The van der Waals surface area contributed by atoms with Crippen molar-refractivity contribution in [2.24, 2.45) is 10.7 Å². The Bertz CT molecular complexity index is 1220. The number of fused-ring (bicyclic) bond motifs is 2. The summed E-state index contributed by atoms with van der Waals surface area (Å²) in [5.74, 6) is 1.01. The van der Waals surface area contributed by atoms with Crippen LogP contribution in [0.15, 0.2) is 29.4 Å². The molecule has 0 radical (unpaired) electrons. The van der Waals surface area contributed by atoms with Crippen molar-refractivity contribution in [3.8, 4) is 6.07 Å². The Hall–Kier alpha value is -3.64. The lowest BCUT2D eigenvalue weighted by Crippen LogP contribution is -2.37. The van der Waals surface area contributed by atoms with Gasteiger partial charge >= 0.3 is 0 Å². The highest BCUT2D eigenvalue weighted by Crippen LogP contribution is 2.45. The number of benzene rings is 1. The third kappa shape index (κ3) is 3.64. The van der Waals surface area contributed by atoms with Crippen LogP contribution in [-0.2, 0) is 22.5 Å². The first kappa shape index (κ1) is 22.2. The number of hydrogen-bond acceptors (Lipinski definition) is 7. The molecule has 0 aliphatic carbocycles. The van der Waals surface area contributed by atoms with Gasteiger partial charge in [0.25, 0.3) is 0 Å². The lowest BCUT2D eigenvalue weighted by molar-refractivity contribution is -0.129. The molecule has 0 spiro atoms. The smallest absolute Gasteiger partial charge is 0.219 e. The van der Waals surface area contributed by atoms with Crippen molar-refractivity contribution in [3.05, 3.63) is 46.8 Å². The minimum absolute atomic E-state index is 0.0536. The predicted molar refractivity (Wildman–Crippen MR) is 130 cm³/mol. The molecule has 1 aromatic heterocycles. The van der Waals surface area contributed by atoms with Gasteiger partial charge in [0, 0.05) is 80.8 Å². The molecule has 1 aromatic carbocycles. The van der Waals surface area contributed by atoms with E-state index in [1.165, 1.54) is 5.69 Å². The summed E-state index contributed by atoms with van der Waals surface area (Å²) in [6.45, 7) is 4.86. The van der Waals surface area contributed by atoms with Gasteiger partial charge in [-0.3, -0.25) is 14.5 Å². The van der Waals surface area contributed by atoms with E-state index in [2.05, 4.69) is 32.8 Å². The molecule has 3 aliphatic heterocycles.